The number of ether oxygens (including phenoxy) is 1. The molecule has 4 nitrogen and oxygen atoms in total. The van der Waals surface area contributed by atoms with E-state index in [1.54, 1.807) is 0 Å². The van der Waals surface area contributed by atoms with Gasteiger partial charge in [0.1, 0.15) is 5.82 Å². The normalized spacial score (nSPS) is 11.6. The average Bonchev–Trinajstić information content (AvgIpc) is 2.73. The topological polar surface area (TPSA) is 63.9 Å². The molecule has 0 unspecified atom stereocenters. The molecule has 0 aliphatic rings. The molecule has 0 radical (unpaired) electrons. The number of halogens is 3. The van der Waals surface area contributed by atoms with E-state index in [0.717, 1.165) is 12.1 Å². The van der Waals surface area contributed by atoms with E-state index in [0.29, 0.717) is 12.5 Å². The minimum absolute atomic E-state index is 0.130. The fraction of sp³-hybridized carbons (Fsp3) is 0.250. The maximum atomic E-state index is 13.8. The van der Waals surface area contributed by atoms with Gasteiger partial charge in [0.2, 0.25) is 0 Å². The molecule has 1 aromatic carbocycles. The zero-order valence-electron chi connectivity index (χ0n) is 10.3. The lowest BCUT2D eigenvalue weighted by atomic mass is 10.0. The van der Waals surface area contributed by atoms with E-state index in [1.165, 1.54) is 13.3 Å². The van der Waals surface area contributed by atoms with Crippen molar-refractivity contribution in [3.63, 3.8) is 0 Å². The zero-order chi connectivity index (χ0) is 14.2. The van der Waals surface area contributed by atoms with Gasteiger partial charge in [0, 0.05) is 23.6 Å². The molecule has 1 heterocycles. The van der Waals surface area contributed by atoms with Gasteiger partial charge in [0.05, 0.1) is 13.3 Å². The Bertz CT molecular complexity index is 605. The minimum atomic E-state index is -3.17. The first kappa shape index (κ1) is 13.3. The molecule has 2 aromatic rings. The number of anilines is 1. The van der Waals surface area contributed by atoms with Crippen molar-refractivity contribution in [3.05, 3.63) is 29.7 Å². The number of hydrogen-bond acceptors (Lipinski definition) is 3. The van der Waals surface area contributed by atoms with Crippen LogP contribution in [0.4, 0.5) is 19.0 Å². The molecule has 0 saturated heterocycles. The molecule has 0 aliphatic carbocycles. The number of nitrogens with zero attached hydrogens (tertiary/aromatic N) is 1. The van der Waals surface area contributed by atoms with Crippen molar-refractivity contribution in [3.8, 4) is 16.9 Å². The summed E-state index contributed by atoms with van der Waals surface area (Å²) in [4.78, 5) is 0. The van der Waals surface area contributed by atoms with Crippen LogP contribution in [0.15, 0.2) is 18.3 Å². The van der Waals surface area contributed by atoms with E-state index in [2.05, 4.69) is 10.2 Å². The second kappa shape index (κ2) is 4.49. The summed E-state index contributed by atoms with van der Waals surface area (Å²) in [6.07, 6.45) is 1.32. The molecule has 19 heavy (non-hydrogen) atoms. The van der Waals surface area contributed by atoms with E-state index in [4.69, 9.17) is 10.5 Å². The van der Waals surface area contributed by atoms with Crippen LogP contribution in [0.5, 0.6) is 5.75 Å². The molecule has 0 bridgehead atoms. The Kier molecular flexibility index (Phi) is 3.13. The number of rotatable bonds is 3. The summed E-state index contributed by atoms with van der Waals surface area (Å²) < 4.78 is 45.4. The Balaban J connectivity index is 2.71. The third-order valence-electron chi connectivity index (χ3n) is 2.71. The zero-order valence-corrected chi connectivity index (χ0v) is 10.3. The lowest BCUT2D eigenvalue weighted by Gasteiger charge is -2.15. The Morgan fingerprint density at radius 1 is 1.32 bits per heavy atom. The van der Waals surface area contributed by atoms with Crippen molar-refractivity contribution in [1.29, 1.82) is 0 Å². The van der Waals surface area contributed by atoms with Gasteiger partial charge in [-0.3, -0.25) is 5.10 Å². The molecular formula is C12H12F3N3O. The van der Waals surface area contributed by atoms with Crippen LogP contribution in [0.1, 0.15) is 12.5 Å². The molecule has 0 fully saturated rings. The summed E-state index contributed by atoms with van der Waals surface area (Å²) in [5, 5.41) is 6.14. The van der Waals surface area contributed by atoms with Crippen LogP contribution in [0.2, 0.25) is 0 Å². The molecule has 0 atom stereocenters. The summed E-state index contributed by atoms with van der Waals surface area (Å²) in [7, 11) is 1.25. The van der Waals surface area contributed by atoms with Gasteiger partial charge in [0.15, 0.2) is 11.6 Å². The van der Waals surface area contributed by atoms with E-state index in [1.807, 2.05) is 0 Å². The van der Waals surface area contributed by atoms with Gasteiger partial charge in [0.25, 0.3) is 5.92 Å². The van der Waals surface area contributed by atoms with E-state index < -0.39 is 17.3 Å². The van der Waals surface area contributed by atoms with Crippen LogP contribution >= 0.6 is 0 Å². The number of nitrogens with two attached hydrogens (primary N) is 1. The van der Waals surface area contributed by atoms with Gasteiger partial charge in [-0.25, -0.2) is 13.2 Å². The Hall–Kier alpha value is -2.18. The van der Waals surface area contributed by atoms with Crippen molar-refractivity contribution in [2.75, 3.05) is 12.8 Å². The maximum absolute atomic E-state index is 13.8. The van der Waals surface area contributed by atoms with E-state index in [9.17, 15) is 13.2 Å². The predicted molar refractivity (Wildman–Crippen MR) is 64.5 cm³/mol. The smallest absolute Gasteiger partial charge is 0.270 e. The highest BCUT2D eigenvalue weighted by Gasteiger charge is 2.28. The number of methoxy groups -OCH3 is 1. The van der Waals surface area contributed by atoms with Crippen molar-refractivity contribution in [2.45, 2.75) is 12.8 Å². The number of alkyl halides is 2. The fourth-order valence-electron chi connectivity index (χ4n) is 1.77. The molecule has 7 heteroatoms. The molecule has 3 N–H and O–H groups in total. The monoisotopic (exact) mass is 271 g/mol. The first-order chi connectivity index (χ1) is 8.84. The number of nitrogen functional groups attached to an aromatic ring is 1. The number of aromatic amines is 1. The summed E-state index contributed by atoms with van der Waals surface area (Å²) in [6.45, 7) is 0.691. The SMILES string of the molecule is COc1c(F)cc(C(C)(F)F)cc1-c1cn[nH]c1N. The average molecular weight is 271 g/mol. The highest BCUT2D eigenvalue weighted by atomic mass is 19.3. The highest BCUT2D eigenvalue weighted by molar-refractivity contribution is 5.78. The number of hydrogen-bond donors (Lipinski definition) is 2. The summed E-state index contributed by atoms with van der Waals surface area (Å²) in [5.74, 6) is -4.05. The van der Waals surface area contributed by atoms with Gasteiger partial charge >= 0.3 is 0 Å². The Morgan fingerprint density at radius 2 is 2.00 bits per heavy atom. The lowest BCUT2D eigenvalue weighted by molar-refractivity contribution is 0.0171. The van der Waals surface area contributed by atoms with Crippen molar-refractivity contribution < 1.29 is 17.9 Å². The van der Waals surface area contributed by atoms with Crippen LogP contribution in [-0.2, 0) is 5.92 Å². The van der Waals surface area contributed by atoms with Gasteiger partial charge in [-0.15, -0.1) is 0 Å². The molecular weight excluding hydrogens is 259 g/mol. The quantitative estimate of drug-likeness (QED) is 0.902. The van der Waals surface area contributed by atoms with Gasteiger partial charge in [-0.05, 0) is 12.1 Å². The first-order valence-electron chi connectivity index (χ1n) is 5.39. The molecule has 1 aromatic heterocycles. The Labute approximate surface area is 107 Å². The second-order valence-electron chi connectivity index (χ2n) is 4.12. The van der Waals surface area contributed by atoms with Gasteiger partial charge in [-0.2, -0.15) is 5.10 Å². The van der Waals surface area contributed by atoms with Crippen LogP contribution in [0.3, 0.4) is 0 Å². The standard InChI is InChI=1S/C12H12F3N3O/c1-12(14,15)6-3-7(8-5-17-18-11(8)16)10(19-2)9(13)4-6/h3-5H,1-2H3,(H3,16,17,18). The Morgan fingerprint density at radius 3 is 2.47 bits per heavy atom. The fourth-order valence-corrected chi connectivity index (χ4v) is 1.77. The largest absolute Gasteiger partial charge is 0.493 e. The molecule has 0 saturated carbocycles. The number of benzene rings is 1. The third-order valence-corrected chi connectivity index (χ3v) is 2.71. The van der Waals surface area contributed by atoms with Crippen LogP contribution in [0.25, 0.3) is 11.1 Å². The second-order valence-corrected chi connectivity index (χ2v) is 4.12. The molecule has 0 amide bonds. The van der Waals surface area contributed by atoms with Crippen molar-refractivity contribution >= 4 is 5.82 Å². The van der Waals surface area contributed by atoms with Crippen molar-refractivity contribution in [2.24, 2.45) is 0 Å². The van der Waals surface area contributed by atoms with Gasteiger partial charge in [-0.1, -0.05) is 0 Å². The number of aromatic nitrogens is 2. The molecule has 0 spiro atoms. The van der Waals surface area contributed by atoms with Gasteiger partial charge < -0.3 is 10.5 Å². The highest BCUT2D eigenvalue weighted by Crippen LogP contribution is 2.39. The minimum Gasteiger partial charge on any atom is -0.493 e. The van der Waals surface area contributed by atoms with Crippen molar-refractivity contribution in [1.82, 2.24) is 10.2 Å². The predicted octanol–water partition coefficient (Wildman–Crippen LogP) is 2.92. The summed E-state index contributed by atoms with van der Waals surface area (Å²) >= 11 is 0. The number of nitrogens with one attached hydrogen (secondary N) is 1. The third kappa shape index (κ3) is 2.35. The van der Waals surface area contributed by atoms with Crippen LogP contribution in [-0.4, -0.2) is 17.3 Å². The van der Waals surface area contributed by atoms with E-state index in [-0.39, 0.29) is 17.1 Å². The number of H-pyrrole nitrogens is 1. The molecule has 2 rings (SSSR count). The lowest BCUT2D eigenvalue weighted by Crippen LogP contribution is -2.08. The molecule has 0 aliphatic heterocycles. The van der Waals surface area contributed by atoms with Crippen LogP contribution in [0, 0.1) is 5.82 Å². The van der Waals surface area contributed by atoms with E-state index >= 15 is 0 Å². The first-order valence-corrected chi connectivity index (χ1v) is 5.39. The molecule has 102 valence electrons. The van der Waals surface area contributed by atoms with Crippen LogP contribution < -0.4 is 10.5 Å². The maximum Gasteiger partial charge on any atom is 0.270 e. The summed E-state index contributed by atoms with van der Waals surface area (Å²) in [5.41, 5.74) is 5.60. The summed E-state index contributed by atoms with van der Waals surface area (Å²) in [6, 6.07) is 1.89.